The summed E-state index contributed by atoms with van der Waals surface area (Å²) in [6, 6.07) is 13.3. The molecular formula is C23H17BrN4O4. The summed E-state index contributed by atoms with van der Waals surface area (Å²) >= 11 is 3.24. The van der Waals surface area contributed by atoms with Gasteiger partial charge in [-0.15, -0.1) is 0 Å². The van der Waals surface area contributed by atoms with Crippen molar-refractivity contribution in [2.24, 2.45) is 0 Å². The van der Waals surface area contributed by atoms with Crippen molar-refractivity contribution in [1.82, 2.24) is 9.55 Å². The molecule has 0 bridgehead atoms. The predicted octanol–water partition coefficient (Wildman–Crippen LogP) is 3.74. The van der Waals surface area contributed by atoms with E-state index < -0.39 is 11.9 Å². The number of esters is 2. The summed E-state index contributed by atoms with van der Waals surface area (Å²) in [6.07, 6.45) is 5.04. The van der Waals surface area contributed by atoms with E-state index in [1.807, 2.05) is 47.2 Å². The number of nitrogens with one attached hydrogen (secondary N) is 1. The molecule has 0 saturated carbocycles. The number of fused-ring (bicyclic) bond motifs is 1. The fourth-order valence-corrected chi connectivity index (χ4v) is 3.71. The largest absolute Gasteiger partial charge is 0.465 e. The van der Waals surface area contributed by atoms with E-state index >= 15 is 0 Å². The van der Waals surface area contributed by atoms with Crippen LogP contribution in [0.25, 0.3) is 17.1 Å². The van der Waals surface area contributed by atoms with Crippen LogP contribution < -0.4 is 5.32 Å². The van der Waals surface area contributed by atoms with Gasteiger partial charge in [-0.05, 0) is 51.8 Å². The highest BCUT2D eigenvalue weighted by atomic mass is 79.9. The van der Waals surface area contributed by atoms with E-state index in [0.29, 0.717) is 22.3 Å². The van der Waals surface area contributed by atoms with Crippen molar-refractivity contribution >= 4 is 50.7 Å². The third kappa shape index (κ3) is 4.26. The number of pyridine rings is 1. The summed E-state index contributed by atoms with van der Waals surface area (Å²) in [4.78, 5) is 27.8. The van der Waals surface area contributed by atoms with Gasteiger partial charge in [0, 0.05) is 35.6 Å². The van der Waals surface area contributed by atoms with Crippen LogP contribution in [0.4, 0.5) is 5.69 Å². The molecule has 0 aliphatic carbocycles. The molecule has 160 valence electrons. The summed E-state index contributed by atoms with van der Waals surface area (Å²) in [7, 11) is 1.24. The molecule has 0 radical (unpaired) electrons. The van der Waals surface area contributed by atoms with E-state index in [1.54, 1.807) is 12.3 Å². The zero-order valence-corrected chi connectivity index (χ0v) is 18.5. The number of methoxy groups -OCH3 is 1. The Kier molecular flexibility index (Phi) is 6.05. The molecule has 1 aliphatic heterocycles. The second-order valence-corrected chi connectivity index (χ2v) is 7.74. The van der Waals surface area contributed by atoms with E-state index in [4.69, 9.17) is 4.74 Å². The molecule has 32 heavy (non-hydrogen) atoms. The molecule has 8 nitrogen and oxygen atoms in total. The zero-order chi connectivity index (χ0) is 22.7. The number of anilines is 1. The molecule has 0 atom stereocenters. The second kappa shape index (κ2) is 9.08. The summed E-state index contributed by atoms with van der Waals surface area (Å²) < 4.78 is 12.0. The fraction of sp³-hybridized carbons (Fsp3) is 0.130. The van der Waals surface area contributed by atoms with Crippen LogP contribution in [0.15, 0.2) is 64.5 Å². The monoisotopic (exact) mass is 492 g/mol. The number of rotatable bonds is 6. The Morgan fingerprint density at radius 3 is 2.97 bits per heavy atom. The number of nitrogens with zero attached hydrogens (tertiary/aromatic N) is 3. The zero-order valence-electron chi connectivity index (χ0n) is 17.0. The van der Waals surface area contributed by atoms with Gasteiger partial charge in [-0.3, -0.25) is 0 Å². The lowest BCUT2D eigenvalue weighted by atomic mass is 10.1. The molecule has 3 aromatic rings. The first-order valence-corrected chi connectivity index (χ1v) is 10.3. The molecule has 1 aliphatic rings. The van der Waals surface area contributed by atoms with E-state index in [-0.39, 0.29) is 12.2 Å². The number of cyclic esters (lactones) is 1. The van der Waals surface area contributed by atoms with E-state index in [9.17, 15) is 14.9 Å². The second-order valence-electron chi connectivity index (χ2n) is 6.94. The van der Waals surface area contributed by atoms with Crippen molar-refractivity contribution in [2.75, 3.05) is 19.0 Å². The SMILES string of the molecule is COC(=O)C(C#N)=Cc1cn(Cc2cccc(NC3=C(Br)C(=O)OC3)c2)c2ncccc12. The van der Waals surface area contributed by atoms with Gasteiger partial charge < -0.3 is 19.4 Å². The number of carbonyl (C=O) groups excluding carboxylic acids is 2. The van der Waals surface area contributed by atoms with Crippen LogP contribution in [0.1, 0.15) is 11.1 Å². The molecular weight excluding hydrogens is 476 g/mol. The number of hydrogen-bond acceptors (Lipinski definition) is 7. The van der Waals surface area contributed by atoms with E-state index in [0.717, 1.165) is 22.3 Å². The van der Waals surface area contributed by atoms with Crippen LogP contribution in [0.2, 0.25) is 0 Å². The molecule has 0 unspecified atom stereocenters. The molecule has 2 aromatic heterocycles. The Bertz CT molecular complexity index is 1330. The maximum absolute atomic E-state index is 11.8. The van der Waals surface area contributed by atoms with Gasteiger partial charge in [0.1, 0.15) is 28.4 Å². The highest BCUT2D eigenvalue weighted by Crippen LogP contribution is 2.26. The third-order valence-electron chi connectivity index (χ3n) is 4.86. The highest BCUT2D eigenvalue weighted by molar-refractivity contribution is 9.12. The first-order chi connectivity index (χ1) is 15.5. The Morgan fingerprint density at radius 2 is 2.25 bits per heavy atom. The van der Waals surface area contributed by atoms with Crippen molar-refractivity contribution in [3.8, 4) is 6.07 Å². The van der Waals surface area contributed by atoms with Gasteiger partial charge in [0.15, 0.2) is 0 Å². The molecule has 0 spiro atoms. The van der Waals surface area contributed by atoms with E-state index in [2.05, 4.69) is 31.0 Å². The minimum Gasteiger partial charge on any atom is -0.465 e. The maximum Gasteiger partial charge on any atom is 0.348 e. The van der Waals surface area contributed by atoms with Gasteiger partial charge in [0.25, 0.3) is 0 Å². The number of carbonyl (C=O) groups is 2. The first-order valence-electron chi connectivity index (χ1n) is 9.56. The molecule has 9 heteroatoms. The summed E-state index contributed by atoms with van der Waals surface area (Å²) in [6.45, 7) is 0.694. The number of benzene rings is 1. The lowest BCUT2D eigenvalue weighted by Gasteiger charge is -2.10. The van der Waals surface area contributed by atoms with Gasteiger partial charge in [0.05, 0.1) is 12.8 Å². The Morgan fingerprint density at radius 1 is 1.41 bits per heavy atom. The Hall–Kier alpha value is -3.90. The van der Waals surface area contributed by atoms with Crippen LogP contribution in [-0.2, 0) is 25.6 Å². The number of nitriles is 1. The molecule has 1 N–H and O–H groups in total. The van der Waals surface area contributed by atoms with Crippen LogP contribution in [0.5, 0.6) is 0 Å². The molecule has 0 fully saturated rings. The molecule has 1 aromatic carbocycles. The van der Waals surface area contributed by atoms with Crippen LogP contribution >= 0.6 is 15.9 Å². The number of hydrogen-bond donors (Lipinski definition) is 1. The van der Waals surface area contributed by atoms with Crippen molar-refractivity contribution < 1.29 is 19.1 Å². The lowest BCUT2D eigenvalue weighted by Crippen LogP contribution is -2.04. The van der Waals surface area contributed by atoms with Gasteiger partial charge in [0.2, 0.25) is 0 Å². The average molecular weight is 493 g/mol. The molecule has 4 rings (SSSR count). The number of ether oxygens (including phenoxy) is 2. The molecule has 0 amide bonds. The summed E-state index contributed by atoms with van der Waals surface area (Å²) in [5, 5.41) is 13.3. The topological polar surface area (TPSA) is 106 Å². The lowest BCUT2D eigenvalue weighted by molar-refractivity contribution is -0.136. The smallest absolute Gasteiger partial charge is 0.348 e. The van der Waals surface area contributed by atoms with Gasteiger partial charge in [-0.1, -0.05) is 12.1 Å². The standard InChI is InChI=1S/C23H17BrN4O4/c1-31-22(29)15(10-25)9-16-12-28(21-18(16)6-3-7-26-21)11-14-4-2-5-17(8-14)27-19-13-32-23(30)20(19)24/h2-9,12,27H,11,13H2,1H3. The van der Waals surface area contributed by atoms with Gasteiger partial charge in [-0.25, -0.2) is 14.6 Å². The summed E-state index contributed by atoms with van der Waals surface area (Å²) in [5.74, 6) is -1.08. The van der Waals surface area contributed by atoms with Crippen molar-refractivity contribution in [3.63, 3.8) is 0 Å². The Balaban J connectivity index is 1.66. The number of aromatic nitrogens is 2. The first kappa shape index (κ1) is 21.3. The van der Waals surface area contributed by atoms with Crippen molar-refractivity contribution in [2.45, 2.75) is 6.54 Å². The third-order valence-corrected chi connectivity index (χ3v) is 5.66. The van der Waals surface area contributed by atoms with E-state index in [1.165, 1.54) is 13.2 Å². The average Bonchev–Trinajstić information content (AvgIpc) is 3.31. The quantitative estimate of drug-likeness (QED) is 0.317. The highest BCUT2D eigenvalue weighted by Gasteiger charge is 2.22. The minimum atomic E-state index is -0.689. The van der Waals surface area contributed by atoms with Crippen molar-refractivity contribution in [1.29, 1.82) is 5.26 Å². The fourth-order valence-electron chi connectivity index (χ4n) is 3.38. The molecule has 3 heterocycles. The minimum absolute atomic E-state index is 0.0891. The van der Waals surface area contributed by atoms with Crippen molar-refractivity contribution in [3.05, 3.63) is 75.7 Å². The van der Waals surface area contributed by atoms with Crippen LogP contribution in [-0.4, -0.2) is 35.2 Å². The van der Waals surface area contributed by atoms with Crippen LogP contribution in [0, 0.1) is 11.3 Å². The normalized spacial score (nSPS) is 13.8. The van der Waals surface area contributed by atoms with Gasteiger partial charge >= 0.3 is 11.9 Å². The molecule has 0 saturated heterocycles. The van der Waals surface area contributed by atoms with Crippen LogP contribution in [0.3, 0.4) is 0 Å². The maximum atomic E-state index is 11.8. The van der Waals surface area contributed by atoms with Gasteiger partial charge in [-0.2, -0.15) is 5.26 Å². The predicted molar refractivity (Wildman–Crippen MR) is 121 cm³/mol. The Labute approximate surface area is 191 Å². The number of halogens is 1. The summed E-state index contributed by atoms with van der Waals surface area (Å²) in [5.41, 5.74) is 3.80.